The van der Waals surface area contributed by atoms with Gasteiger partial charge in [-0.15, -0.1) is 0 Å². The number of pyridine rings is 1. The Bertz CT molecular complexity index is 564. The molecule has 2 N–H and O–H groups in total. The summed E-state index contributed by atoms with van der Waals surface area (Å²) in [5.74, 6) is -0.552. The fourth-order valence-corrected chi connectivity index (χ4v) is 1.77. The second-order valence-electron chi connectivity index (χ2n) is 4.25. The highest BCUT2D eigenvalue weighted by Crippen LogP contribution is 2.21. The highest BCUT2D eigenvalue weighted by molar-refractivity contribution is 5.94. The molecule has 0 bridgehead atoms. The SMILES string of the molecule is CN(Cc1ccncc1)C(=O)c1cc(O)cc(O)c1. The van der Waals surface area contributed by atoms with E-state index in [0.29, 0.717) is 6.54 Å². The van der Waals surface area contributed by atoms with Crippen LogP contribution in [0.5, 0.6) is 11.5 Å². The predicted octanol–water partition coefficient (Wildman–Crippen LogP) is 1.77. The zero-order chi connectivity index (χ0) is 13.8. The average Bonchev–Trinajstić information content (AvgIpc) is 2.37. The number of phenolic OH excluding ortho intramolecular Hbond substituents is 2. The molecule has 1 heterocycles. The summed E-state index contributed by atoms with van der Waals surface area (Å²) in [6.07, 6.45) is 3.32. The van der Waals surface area contributed by atoms with E-state index >= 15 is 0 Å². The standard InChI is InChI=1S/C14H14N2O3/c1-16(9-10-2-4-15-5-3-10)14(19)11-6-12(17)8-13(18)7-11/h2-8,17-18H,9H2,1H3. The first-order chi connectivity index (χ1) is 9.06. The van der Waals surface area contributed by atoms with Gasteiger partial charge in [0.1, 0.15) is 11.5 Å². The minimum atomic E-state index is -0.275. The number of hydrogen-bond acceptors (Lipinski definition) is 4. The normalized spacial score (nSPS) is 10.2. The Morgan fingerprint density at radius 3 is 2.32 bits per heavy atom. The van der Waals surface area contributed by atoms with Crippen LogP contribution in [-0.4, -0.2) is 33.1 Å². The van der Waals surface area contributed by atoms with Crippen molar-refractivity contribution in [3.8, 4) is 11.5 Å². The van der Waals surface area contributed by atoms with Crippen LogP contribution in [0.1, 0.15) is 15.9 Å². The molecule has 5 heteroatoms. The monoisotopic (exact) mass is 258 g/mol. The Morgan fingerprint density at radius 1 is 1.16 bits per heavy atom. The predicted molar refractivity (Wildman–Crippen MR) is 69.8 cm³/mol. The molecule has 0 radical (unpaired) electrons. The molecule has 0 saturated heterocycles. The summed E-state index contributed by atoms with van der Waals surface area (Å²) in [4.78, 5) is 17.6. The molecule has 0 aliphatic rings. The average molecular weight is 258 g/mol. The molecule has 1 aromatic carbocycles. The number of aromatic nitrogens is 1. The van der Waals surface area contributed by atoms with E-state index in [-0.39, 0.29) is 23.0 Å². The lowest BCUT2D eigenvalue weighted by molar-refractivity contribution is 0.0784. The Labute approximate surface area is 110 Å². The van der Waals surface area contributed by atoms with Gasteiger partial charge in [-0.05, 0) is 29.8 Å². The molecule has 2 aromatic rings. The van der Waals surface area contributed by atoms with E-state index < -0.39 is 0 Å². The number of amides is 1. The number of nitrogens with zero attached hydrogens (tertiary/aromatic N) is 2. The van der Waals surface area contributed by atoms with Crippen LogP contribution < -0.4 is 0 Å². The summed E-state index contributed by atoms with van der Waals surface area (Å²) in [7, 11) is 1.66. The maximum atomic E-state index is 12.1. The number of hydrogen-bond donors (Lipinski definition) is 2. The maximum Gasteiger partial charge on any atom is 0.254 e. The van der Waals surface area contributed by atoms with Crippen LogP contribution in [0.15, 0.2) is 42.7 Å². The fraction of sp³-hybridized carbons (Fsp3) is 0.143. The minimum absolute atomic E-state index is 0.138. The molecular weight excluding hydrogens is 244 g/mol. The summed E-state index contributed by atoms with van der Waals surface area (Å²) in [6, 6.07) is 7.48. The molecule has 5 nitrogen and oxygen atoms in total. The topological polar surface area (TPSA) is 73.7 Å². The molecule has 0 unspecified atom stereocenters. The molecule has 0 saturated carbocycles. The smallest absolute Gasteiger partial charge is 0.254 e. The Hall–Kier alpha value is -2.56. The molecule has 1 aromatic heterocycles. The Kier molecular flexibility index (Phi) is 3.66. The molecule has 0 spiro atoms. The zero-order valence-electron chi connectivity index (χ0n) is 10.4. The second kappa shape index (κ2) is 5.39. The third-order valence-corrected chi connectivity index (χ3v) is 2.67. The zero-order valence-corrected chi connectivity index (χ0v) is 10.4. The van der Waals surface area contributed by atoms with Crippen LogP contribution in [0.4, 0.5) is 0 Å². The molecule has 0 fully saturated rings. The lowest BCUT2D eigenvalue weighted by atomic mass is 10.1. The van der Waals surface area contributed by atoms with Crippen molar-refractivity contribution in [1.82, 2.24) is 9.88 Å². The first kappa shape index (κ1) is 12.9. The third-order valence-electron chi connectivity index (χ3n) is 2.67. The van der Waals surface area contributed by atoms with Gasteiger partial charge in [0.15, 0.2) is 0 Å². The molecule has 0 atom stereocenters. The van der Waals surface area contributed by atoms with Gasteiger partial charge in [-0.2, -0.15) is 0 Å². The van der Waals surface area contributed by atoms with Crippen LogP contribution in [0.2, 0.25) is 0 Å². The van der Waals surface area contributed by atoms with Gasteiger partial charge >= 0.3 is 0 Å². The number of aromatic hydroxyl groups is 2. The summed E-state index contributed by atoms with van der Waals surface area (Å²) in [6.45, 7) is 0.428. The van der Waals surface area contributed by atoms with E-state index in [1.165, 1.54) is 23.1 Å². The van der Waals surface area contributed by atoms with E-state index in [0.717, 1.165) is 5.56 Å². The van der Waals surface area contributed by atoms with Crippen molar-refractivity contribution >= 4 is 5.91 Å². The summed E-state index contributed by atoms with van der Waals surface area (Å²) in [5.41, 5.74) is 1.20. The van der Waals surface area contributed by atoms with Crippen molar-refractivity contribution in [1.29, 1.82) is 0 Å². The van der Waals surface area contributed by atoms with Gasteiger partial charge in [0.25, 0.3) is 5.91 Å². The first-order valence-electron chi connectivity index (χ1n) is 5.73. The molecule has 0 aliphatic heterocycles. The Balaban J connectivity index is 2.15. The van der Waals surface area contributed by atoms with Crippen molar-refractivity contribution < 1.29 is 15.0 Å². The second-order valence-corrected chi connectivity index (χ2v) is 4.25. The van der Waals surface area contributed by atoms with Crippen LogP contribution >= 0.6 is 0 Å². The van der Waals surface area contributed by atoms with Crippen LogP contribution in [0.25, 0.3) is 0 Å². The molecule has 2 rings (SSSR count). The van der Waals surface area contributed by atoms with Crippen molar-refractivity contribution in [2.75, 3.05) is 7.05 Å². The summed E-state index contributed by atoms with van der Waals surface area (Å²) < 4.78 is 0. The molecule has 98 valence electrons. The van der Waals surface area contributed by atoms with Gasteiger partial charge in [-0.3, -0.25) is 9.78 Å². The van der Waals surface area contributed by atoms with Gasteiger partial charge in [0.2, 0.25) is 0 Å². The summed E-state index contributed by atoms with van der Waals surface area (Å²) >= 11 is 0. The van der Waals surface area contributed by atoms with Gasteiger partial charge in [0.05, 0.1) is 0 Å². The van der Waals surface area contributed by atoms with Crippen LogP contribution in [0, 0.1) is 0 Å². The largest absolute Gasteiger partial charge is 0.508 e. The van der Waals surface area contributed by atoms with Gasteiger partial charge in [-0.1, -0.05) is 0 Å². The van der Waals surface area contributed by atoms with Crippen molar-refractivity contribution in [3.63, 3.8) is 0 Å². The first-order valence-corrected chi connectivity index (χ1v) is 5.73. The molecular formula is C14H14N2O3. The lowest BCUT2D eigenvalue weighted by Crippen LogP contribution is -2.26. The Morgan fingerprint density at radius 2 is 1.74 bits per heavy atom. The highest BCUT2D eigenvalue weighted by atomic mass is 16.3. The van der Waals surface area contributed by atoms with Crippen LogP contribution in [-0.2, 0) is 6.54 Å². The molecule has 19 heavy (non-hydrogen) atoms. The maximum absolute atomic E-state index is 12.1. The van der Waals surface area contributed by atoms with E-state index in [1.807, 2.05) is 12.1 Å². The van der Waals surface area contributed by atoms with Gasteiger partial charge in [-0.25, -0.2) is 0 Å². The quantitative estimate of drug-likeness (QED) is 0.879. The van der Waals surface area contributed by atoms with Crippen molar-refractivity contribution in [3.05, 3.63) is 53.9 Å². The molecule has 0 aliphatic carbocycles. The number of carbonyl (C=O) groups is 1. The number of benzene rings is 1. The van der Waals surface area contributed by atoms with Crippen molar-refractivity contribution in [2.24, 2.45) is 0 Å². The van der Waals surface area contributed by atoms with E-state index in [1.54, 1.807) is 19.4 Å². The van der Waals surface area contributed by atoms with Gasteiger partial charge < -0.3 is 15.1 Å². The van der Waals surface area contributed by atoms with Crippen molar-refractivity contribution in [2.45, 2.75) is 6.54 Å². The fourth-order valence-electron chi connectivity index (χ4n) is 1.77. The third kappa shape index (κ3) is 3.22. The minimum Gasteiger partial charge on any atom is -0.508 e. The number of carbonyl (C=O) groups excluding carboxylic acids is 1. The van der Waals surface area contributed by atoms with E-state index in [9.17, 15) is 15.0 Å². The molecule has 1 amide bonds. The van der Waals surface area contributed by atoms with E-state index in [4.69, 9.17) is 0 Å². The van der Waals surface area contributed by atoms with E-state index in [2.05, 4.69) is 4.98 Å². The number of rotatable bonds is 3. The highest BCUT2D eigenvalue weighted by Gasteiger charge is 2.13. The van der Waals surface area contributed by atoms with Crippen LogP contribution in [0.3, 0.4) is 0 Å². The summed E-state index contributed by atoms with van der Waals surface area (Å²) in [5, 5.41) is 18.8. The lowest BCUT2D eigenvalue weighted by Gasteiger charge is -2.17. The number of phenols is 2. The van der Waals surface area contributed by atoms with Gasteiger partial charge in [0, 0.05) is 37.6 Å².